The molecular formula is C18H24FN5O3. The number of rotatable bonds is 5. The summed E-state index contributed by atoms with van der Waals surface area (Å²) >= 11 is 0. The van der Waals surface area contributed by atoms with Crippen molar-refractivity contribution in [3.8, 4) is 0 Å². The minimum absolute atomic E-state index is 0.469. The number of hydrogen-bond donors (Lipinski definition) is 1. The Kier molecular flexibility index (Phi) is 4.10. The number of nitrogens with zero attached hydrogens (tertiary/aromatic N) is 4. The Morgan fingerprint density at radius 1 is 1.41 bits per heavy atom. The molecule has 0 radical (unpaired) electrons. The fraction of sp³-hybridized carbons (Fsp3) is 0.667. The van der Waals surface area contributed by atoms with Crippen LogP contribution in [0.1, 0.15) is 46.8 Å². The predicted molar refractivity (Wildman–Crippen MR) is 95.8 cm³/mol. The van der Waals surface area contributed by atoms with Crippen molar-refractivity contribution >= 4 is 23.0 Å². The largest absolute Gasteiger partial charge is 0.453 e. The summed E-state index contributed by atoms with van der Waals surface area (Å²) in [4.78, 5) is 24.5. The number of carbonyl (C=O) groups is 1. The van der Waals surface area contributed by atoms with Crippen LogP contribution in [0.3, 0.4) is 0 Å². The number of aromatic nitrogens is 4. The van der Waals surface area contributed by atoms with E-state index in [0.29, 0.717) is 22.9 Å². The number of fused-ring (bicyclic) bond motifs is 1. The molecule has 1 aliphatic heterocycles. The third-order valence-electron chi connectivity index (χ3n) is 5.77. The van der Waals surface area contributed by atoms with Crippen LogP contribution in [0, 0.1) is 5.92 Å². The van der Waals surface area contributed by atoms with Gasteiger partial charge in [-0.2, -0.15) is 0 Å². The molecule has 3 heterocycles. The molecule has 4 atom stereocenters. The SMILES string of the molecule is CC(=O)OC1(C)[C@@H](C)OC(n2cnc3c(NCC4CC4)ncnc32)[C@]1(C)F. The van der Waals surface area contributed by atoms with Gasteiger partial charge in [-0.25, -0.2) is 19.3 Å². The number of esters is 1. The summed E-state index contributed by atoms with van der Waals surface area (Å²) in [5.74, 6) is 0.747. The van der Waals surface area contributed by atoms with Crippen molar-refractivity contribution in [2.24, 2.45) is 5.92 Å². The fourth-order valence-corrected chi connectivity index (χ4v) is 3.62. The zero-order chi connectivity index (χ0) is 19.4. The molecule has 4 rings (SSSR count). The second-order valence-corrected chi connectivity index (χ2v) is 7.78. The molecule has 1 N–H and O–H groups in total. The molecular weight excluding hydrogens is 353 g/mol. The first-order chi connectivity index (χ1) is 12.7. The number of ether oxygens (including phenoxy) is 2. The molecule has 2 fully saturated rings. The van der Waals surface area contributed by atoms with Crippen LogP contribution in [0.25, 0.3) is 11.2 Å². The van der Waals surface area contributed by atoms with Gasteiger partial charge in [-0.15, -0.1) is 0 Å². The molecule has 1 saturated heterocycles. The molecule has 0 amide bonds. The van der Waals surface area contributed by atoms with E-state index in [2.05, 4.69) is 20.3 Å². The van der Waals surface area contributed by atoms with Crippen LogP contribution in [-0.4, -0.2) is 49.4 Å². The van der Waals surface area contributed by atoms with Gasteiger partial charge in [-0.05, 0) is 39.5 Å². The molecule has 1 saturated carbocycles. The Labute approximate surface area is 156 Å². The monoisotopic (exact) mass is 377 g/mol. The maximum absolute atomic E-state index is 15.9. The minimum Gasteiger partial charge on any atom is -0.453 e. The Balaban J connectivity index is 1.69. The van der Waals surface area contributed by atoms with Gasteiger partial charge < -0.3 is 14.8 Å². The second-order valence-electron chi connectivity index (χ2n) is 7.78. The molecule has 2 unspecified atom stereocenters. The molecule has 9 heteroatoms. The Hall–Kier alpha value is -2.29. The maximum atomic E-state index is 15.9. The van der Waals surface area contributed by atoms with Gasteiger partial charge in [0, 0.05) is 13.5 Å². The fourth-order valence-electron chi connectivity index (χ4n) is 3.62. The zero-order valence-electron chi connectivity index (χ0n) is 15.9. The van der Waals surface area contributed by atoms with E-state index in [1.165, 1.54) is 39.3 Å². The molecule has 8 nitrogen and oxygen atoms in total. The van der Waals surface area contributed by atoms with E-state index >= 15 is 4.39 Å². The van der Waals surface area contributed by atoms with Crippen LogP contribution in [0.4, 0.5) is 10.2 Å². The van der Waals surface area contributed by atoms with Crippen LogP contribution in [0.5, 0.6) is 0 Å². The number of alkyl halides is 1. The van der Waals surface area contributed by atoms with Crippen molar-refractivity contribution < 1.29 is 18.7 Å². The van der Waals surface area contributed by atoms with Gasteiger partial charge in [0.15, 0.2) is 34.5 Å². The molecule has 2 aliphatic rings. The standard InChI is InChI=1S/C18H24FN5O3/c1-10-18(4,27-11(2)25)17(3,19)16(26-10)24-9-23-13-14(20-7-12-5-6-12)21-8-22-15(13)24/h8-10,12,16H,5-7H2,1-4H3,(H,20,21,22)/t10-,16?,17+,18?/m1/s1. The van der Waals surface area contributed by atoms with Gasteiger partial charge in [0.05, 0.1) is 6.33 Å². The number of carbonyl (C=O) groups excluding carboxylic acids is 1. The summed E-state index contributed by atoms with van der Waals surface area (Å²) in [6.07, 6.45) is 3.68. The predicted octanol–water partition coefficient (Wildman–Crippen LogP) is 2.62. The van der Waals surface area contributed by atoms with E-state index in [0.717, 1.165) is 6.54 Å². The van der Waals surface area contributed by atoms with Gasteiger partial charge in [0.1, 0.15) is 12.4 Å². The number of halogens is 1. The Bertz CT molecular complexity index is 881. The number of nitrogens with one attached hydrogen (secondary N) is 1. The lowest BCUT2D eigenvalue weighted by Crippen LogP contribution is -2.53. The molecule has 146 valence electrons. The van der Waals surface area contributed by atoms with E-state index in [4.69, 9.17) is 9.47 Å². The zero-order valence-corrected chi connectivity index (χ0v) is 15.9. The van der Waals surface area contributed by atoms with Crippen molar-refractivity contribution in [1.82, 2.24) is 19.5 Å². The molecule has 2 aromatic rings. The molecule has 0 bridgehead atoms. The van der Waals surface area contributed by atoms with Crippen LogP contribution in [-0.2, 0) is 14.3 Å². The molecule has 27 heavy (non-hydrogen) atoms. The van der Waals surface area contributed by atoms with Crippen LogP contribution in [0.15, 0.2) is 12.7 Å². The van der Waals surface area contributed by atoms with Crippen molar-refractivity contribution in [3.63, 3.8) is 0 Å². The maximum Gasteiger partial charge on any atom is 0.303 e. The highest BCUT2D eigenvalue weighted by Gasteiger charge is 2.65. The first-order valence-corrected chi connectivity index (χ1v) is 9.19. The molecule has 2 aromatic heterocycles. The van der Waals surface area contributed by atoms with Crippen molar-refractivity contribution in [1.29, 1.82) is 0 Å². The van der Waals surface area contributed by atoms with E-state index in [9.17, 15) is 4.79 Å². The highest BCUT2D eigenvalue weighted by molar-refractivity contribution is 5.82. The lowest BCUT2D eigenvalue weighted by Gasteiger charge is -2.36. The number of hydrogen-bond acceptors (Lipinski definition) is 7. The van der Waals surface area contributed by atoms with E-state index in [1.54, 1.807) is 18.4 Å². The highest BCUT2D eigenvalue weighted by atomic mass is 19.1. The van der Waals surface area contributed by atoms with Crippen LogP contribution in [0.2, 0.25) is 0 Å². The van der Waals surface area contributed by atoms with Gasteiger partial charge in [0.25, 0.3) is 0 Å². The summed E-state index contributed by atoms with van der Waals surface area (Å²) < 4.78 is 28.7. The van der Waals surface area contributed by atoms with E-state index in [-0.39, 0.29) is 0 Å². The molecule has 0 spiro atoms. The summed E-state index contributed by atoms with van der Waals surface area (Å²) in [6.45, 7) is 6.72. The first kappa shape index (κ1) is 18.1. The average molecular weight is 377 g/mol. The highest BCUT2D eigenvalue weighted by Crippen LogP contribution is 2.50. The topological polar surface area (TPSA) is 91.2 Å². The third kappa shape index (κ3) is 2.84. The summed E-state index contributed by atoms with van der Waals surface area (Å²) in [5.41, 5.74) is -2.39. The quantitative estimate of drug-likeness (QED) is 0.801. The lowest BCUT2D eigenvalue weighted by atomic mass is 9.84. The Morgan fingerprint density at radius 2 is 2.15 bits per heavy atom. The smallest absolute Gasteiger partial charge is 0.303 e. The van der Waals surface area contributed by atoms with E-state index in [1.807, 2.05) is 0 Å². The summed E-state index contributed by atoms with van der Waals surface area (Å²) in [5, 5.41) is 3.29. The summed E-state index contributed by atoms with van der Waals surface area (Å²) in [7, 11) is 0. The lowest BCUT2D eigenvalue weighted by molar-refractivity contribution is -0.172. The molecule has 0 aromatic carbocycles. The van der Waals surface area contributed by atoms with Crippen LogP contribution >= 0.6 is 0 Å². The van der Waals surface area contributed by atoms with Crippen LogP contribution < -0.4 is 5.32 Å². The van der Waals surface area contributed by atoms with Crippen molar-refractivity contribution in [2.45, 2.75) is 64.1 Å². The number of imidazole rings is 1. The average Bonchev–Trinajstić information content (AvgIpc) is 3.30. The minimum atomic E-state index is -1.99. The molecule has 1 aliphatic carbocycles. The third-order valence-corrected chi connectivity index (χ3v) is 5.77. The normalized spacial score (nSPS) is 33.4. The van der Waals surface area contributed by atoms with E-state index < -0.39 is 29.6 Å². The van der Waals surface area contributed by atoms with Gasteiger partial charge in [-0.3, -0.25) is 9.36 Å². The Morgan fingerprint density at radius 3 is 2.81 bits per heavy atom. The number of anilines is 1. The van der Waals surface area contributed by atoms with Crippen molar-refractivity contribution in [2.75, 3.05) is 11.9 Å². The summed E-state index contributed by atoms with van der Waals surface area (Å²) in [6, 6.07) is 0. The first-order valence-electron chi connectivity index (χ1n) is 9.19. The second kappa shape index (κ2) is 6.12. The van der Waals surface area contributed by atoms with Crippen molar-refractivity contribution in [3.05, 3.63) is 12.7 Å². The van der Waals surface area contributed by atoms with Gasteiger partial charge in [-0.1, -0.05) is 0 Å². The van der Waals surface area contributed by atoms with Gasteiger partial charge >= 0.3 is 5.97 Å². The van der Waals surface area contributed by atoms with Gasteiger partial charge in [0.2, 0.25) is 0 Å².